The van der Waals surface area contributed by atoms with Gasteiger partial charge in [-0.3, -0.25) is 9.36 Å². The standard InChI is InChI=1S/C29H30N8O6S/c1-20-13-26(33-28(32-20)36-10-9-30-18-36)35-11-12-37(29(39)34-44(40,41)23-5-3-2-4-6-23)22(17-35)15-27(38)31-16-21-7-8-24-25(14-21)43-19-42-24/h2-10,13-14,18,22H,11-12,15-17,19H2,1H3,(H,31,38)(H,34,39). The van der Waals surface area contributed by atoms with Gasteiger partial charge in [-0.2, -0.15) is 4.98 Å². The third-order valence-electron chi connectivity index (χ3n) is 7.25. The van der Waals surface area contributed by atoms with Crippen LogP contribution in [0.15, 0.2) is 78.2 Å². The van der Waals surface area contributed by atoms with Gasteiger partial charge < -0.3 is 24.6 Å². The topological polar surface area (TPSA) is 161 Å². The fourth-order valence-electron chi connectivity index (χ4n) is 5.07. The molecule has 14 nitrogen and oxygen atoms in total. The molecule has 2 aromatic carbocycles. The van der Waals surface area contributed by atoms with Crippen molar-refractivity contribution in [2.24, 2.45) is 0 Å². The molecule has 2 aliphatic heterocycles. The van der Waals surface area contributed by atoms with Crippen molar-refractivity contribution in [1.29, 1.82) is 0 Å². The fourth-order valence-corrected chi connectivity index (χ4v) is 6.05. The molecule has 1 unspecified atom stereocenters. The Labute approximate surface area is 253 Å². The van der Waals surface area contributed by atoms with Gasteiger partial charge in [0.25, 0.3) is 10.0 Å². The lowest BCUT2D eigenvalue weighted by Gasteiger charge is -2.41. The number of imidazole rings is 1. The molecule has 0 spiro atoms. The average Bonchev–Trinajstić information content (AvgIpc) is 3.73. The second-order valence-electron chi connectivity index (χ2n) is 10.3. The van der Waals surface area contributed by atoms with Gasteiger partial charge in [-0.1, -0.05) is 24.3 Å². The van der Waals surface area contributed by atoms with E-state index >= 15 is 0 Å². The zero-order valence-electron chi connectivity index (χ0n) is 23.8. The van der Waals surface area contributed by atoms with Gasteiger partial charge in [-0.15, -0.1) is 0 Å². The molecular formula is C29H30N8O6S. The number of rotatable bonds is 8. The molecule has 2 aliphatic rings. The molecule has 1 atom stereocenters. The van der Waals surface area contributed by atoms with Crippen LogP contribution in [-0.4, -0.2) is 77.2 Å². The summed E-state index contributed by atoms with van der Waals surface area (Å²) in [6.45, 7) is 2.98. The first-order valence-electron chi connectivity index (χ1n) is 13.9. The van der Waals surface area contributed by atoms with E-state index in [1.54, 1.807) is 53.6 Å². The lowest BCUT2D eigenvalue weighted by Crippen LogP contribution is -2.59. The third kappa shape index (κ3) is 6.41. The monoisotopic (exact) mass is 618 g/mol. The van der Waals surface area contributed by atoms with E-state index in [1.165, 1.54) is 17.0 Å². The maximum Gasteiger partial charge on any atom is 0.331 e. The predicted octanol–water partition coefficient (Wildman–Crippen LogP) is 2.00. The molecule has 1 saturated heterocycles. The van der Waals surface area contributed by atoms with E-state index in [0.717, 1.165) is 11.3 Å². The number of ether oxygens (including phenoxy) is 2. The van der Waals surface area contributed by atoms with Crippen molar-refractivity contribution in [2.75, 3.05) is 31.3 Å². The average molecular weight is 619 g/mol. The molecule has 3 amide bonds. The lowest BCUT2D eigenvalue weighted by atomic mass is 10.1. The zero-order chi connectivity index (χ0) is 30.7. The first kappa shape index (κ1) is 28.9. The first-order chi connectivity index (χ1) is 21.2. The molecule has 4 aromatic rings. The van der Waals surface area contributed by atoms with Crippen LogP contribution in [0, 0.1) is 6.92 Å². The number of amides is 3. The van der Waals surface area contributed by atoms with Crippen LogP contribution >= 0.6 is 0 Å². The number of hydrogen-bond donors (Lipinski definition) is 2. The van der Waals surface area contributed by atoms with E-state index in [9.17, 15) is 18.0 Å². The Morgan fingerprint density at radius 2 is 1.84 bits per heavy atom. The second kappa shape index (κ2) is 12.2. The molecule has 6 rings (SSSR count). The molecule has 44 heavy (non-hydrogen) atoms. The number of carbonyl (C=O) groups is 2. The molecule has 0 bridgehead atoms. The van der Waals surface area contributed by atoms with Crippen molar-refractivity contribution in [3.05, 3.63) is 84.6 Å². The van der Waals surface area contributed by atoms with Crippen molar-refractivity contribution < 1.29 is 27.5 Å². The number of anilines is 1. The van der Waals surface area contributed by atoms with Crippen molar-refractivity contribution in [1.82, 2.24) is 34.5 Å². The third-order valence-corrected chi connectivity index (χ3v) is 8.59. The Kier molecular flexibility index (Phi) is 8.02. The highest BCUT2D eigenvalue weighted by Crippen LogP contribution is 2.32. The summed E-state index contributed by atoms with van der Waals surface area (Å²) >= 11 is 0. The van der Waals surface area contributed by atoms with Crippen LogP contribution in [0.3, 0.4) is 0 Å². The number of carbonyl (C=O) groups excluding carboxylic acids is 2. The van der Waals surface area contributed by atoms with Crippen molar-refractivity contribution in [3.63, 3.8) is 0 Å². The number of nitrogens with one attached hydrogen (secondary N) is 2. The summed E-state index contributed by atoms with van der Waals surface area (Å²) in [6.07, 6.45) is 4.89. The normalized spacial score (nSPS) is 16.1. The number of sulfonamides is 1. The number of benzene rings is 2. The molecule has 2 aromatic heterocycles. The van der Waals surface area contributed by atoms with Crippen LogP contribution in [0.4, 0.5) is 10.6 Å². The summed E-state index contributed by atoms with van der Waals surface area (Å²) in [4.78, 5) is 43.2. The molecule has 0 radical (unpaired) electrons. The quantitative estimate of drug-likeness (QED) is 0.299. The van der Waals surface area contributed by atoms with Crippen LogP contribution in [0.1, 0.15) is 17.7 Å². The smallest absolute Gasteiger partial charge is 0.331 e. The van der Waals surface area contributed by atoms with E-state index in [0.29, 0.717) is 29.8 Å². The van der Waals surface area contributed by atoms with Crippen LogP contribution in [0.5, 0.6) is 11.5 Å². The van der Waals surface area contributed by atoms with Gasteiger partial charge in [-0.05, 0) is 36.8 Å². The summed E-state index contributed by atoms with van der Waals surface area (Å²) < 4.78 is 40.5. The van der Waals surface area contributed by atoms with Gasteiger partial charge in [0.1, 0.15) is 12.1 Å². The van der Waals surface area contributed by atoms with Crippen molar-refractivity contribution >= 4 is 27.8 Å². The number of hydrogen-bond acceptors (Lipinski definition) is 10. The van der Waals surface area contributed by atoms with E-state index in [-0.39, 0.29) is 43.7 Å². The number of urea groups is 1. The second-order valence-corrected chi connectivity index (χ2v) is 12.0. The van der Waals surface area contributed by atoms with E-state index in [4.69, 9.17) is 9.47 Å². The Balaban J connectivity index is 1.20. The van der Waals surface area contributed by atoms with Crippen LogP contribution < -0.4 is 24.4 Å². The summed E-state index contributed by atoms with van der Waals surface area (Å²) in [6, 6.07) is 13.4. The van der Waals surface area contributed by atoms with Crippen molar-refractivity contribution in [3.8, 4) is 17.4 Å². The highest BCUT2D eigenvalue weighted by atomic mass is 32.2. The molecule has 1 fully saturated rings. The zero-order valence-corrected chi connectivity index (χ0v) is 24.6. The van der Waals surface area contributed by atoms with Gasteiger partial charge >= 0.3 is 6.03 Å². The maximum atomic E-state index is 13.4. The molecule has 15 heteroatoms. The number of fused-ring (bicyclic) bond motifs is 1. The molecule has 2 N–H and O–H groups in total. The molecular weight excluding hydrogens is 588 g/mol. The number of aromatic nitrogens is 4. The minimum Gasteiger partial charge on any atom is -0.454 e. The van der Waals surface area contributed by atoms with Gasteiger partial charge in [0, 0.05) is 56.8 Å². The van der Waals surface area contributed by atoms with Gasteiger partial charge in [0.2, 0.25) is 18.6 Å². The molecule has 4 heterocycles. The SMILES string of the molecule is Cc1cc(N2CCN(C(=O)NS(=O)(=O)c3ccccc3)C(CC(=O)NCc3ccc4c(c3)OCO4)C2)nc(-n2ccnc2)n1. The highest BCUT2D eigenvalue weighted by Gasteiger charge is 2.35. The molecule has 228 valence electrons. The van der Waals surface area contributed by atoms with Gasteiger partial charge in [0.05, 0.1) is 10.9 Å². The number of aryl methyl sites for hydroxylation is 1. The fraction of sp³-hybridized carbons (Fsp3) is 0.276. The largest absolute Gasteiger partial charge is 0.454 e. The summed E-state index contributed by atoms with van der Waals surface area (Å²) in [5, 5.41) is 2.90. The highest BCUT2D eigenvalue weighted by molar-refractivity contribution is 7.90. The Morgan fingerprint density at radius 3 is 2.64 bits per heavy atom. The Morgan fingerprint density at radius 1 is 1.02 bits per heavy atom. The van der Waals surface area contributed by atoms with Gasteiger partial charge in [-0.25, -0.2) is 27.9 Å². The molecule has 0 aliphatic carbocycles. The number of piperazine rings is 1. The minimum absolute atomic E-state index is 0.0338. The minimum atomic E-state index is -4.12. The van der Waals surface area contributed by atoms with Crippen LogP contribution in [0.2, 0.25) is 0 Å². The van der Waals surface area contributed by atoms with Crippen LogP contribution in [0.25, 0.3) is 5.95 Å². The summed E-state index contributed by atoms with van der Waals surface area (Å²) in [5.74, 6) is 1.99. The summed E-state index contributed by atoms with van der Waals surface area (Å²) in [5.41, 5.74) is 1.55. The first-order valence-corrected chi connectivity index (χ1v) is 15.4. The Hall–Kier alpha value is -5.18. The van der Waals surface area contributed by atoms with Gasteiger partial charge in [0.15, 0.2) is 11.5 Å². The van der Waals surface area contributed by atoms with E-state index in [2.05, 4.69) is 25.0 Å². The maximum absolute atomic E-state index is 13.4. The Bertz CT molecular complexity index is 1770. The predicted molar refractivity (Wildman–Crippen MR) is 158 cm³/mol. The van der Waals surface area contributed by atoms with E-state index < -0.39 is 22.1 Å². The van der Waals surface area contributed by atoms with E-state index in [1.807, 2.05) is 24.0 Å². The number of nitrogens with zero attached hydrogens (tertiary/aromatic N) is 6. The van der Waals surface area contributed by atoms with Crippen LogP contribution in [-0.2, 0) is 21.4 Å². The van der Waals surface area contributed by atoms with Crippen molar-refractivity contribution in [2.45, 2.75) is 30.8 Å². The summed E-state index contributed by atoms with van der Waals surface area (Å²) in [7, 11) is -4.12. The molecule has 0 saturated carbocycles. The lowest BCUT2D eigenvalue weighted by molar-refractivity contribution is -0.122.